The Labute approximate surface area is 146 Å². The molecule has 0 spiro atoms. The highest BCUT2D eigenvalue weighted by atomic mass is 32.2. The van der Waals surface area contributed by atoms with E-state index in [-0.39, 0.29) is 17.7 Å². The summed E-state index contributed by atoms with van der Waals surface area (Å²) in [5.41, 5.74) is 0. The average molecular weight is 374 g/mol. The Morgan fingerprint density at radius 1 is 1.17 bits per heavy atom. The molecule has 134 valence electrons. The van der Waals surface area contributed by atoms with Crippen molar-refractivity contribution in [2.75, 3.05) is 31.9 Å². The van der Waals surface area contributed by atoms with Gasteiger partial charge in [-0.1, -0.05) is 6.92 Å². The fraction of sp³-hybridized carbons (Fsp3) is 0.600. The summed E-state index contributed by atoms with van der Waals surface area (Å²) in [5.74, 6) is 0.0974. The van der Waals surface area contributed by atoms with Crippen molar-refractivity contribution in [1.29, 1.82) is 0 Å². The zero-order chi connectivity index (χ0) is 17.7. The molecule has 1 N–H and O–H groups in total. The van der Waals surface area contributed by atoms with Gasteiger partial charge in [0.1, 0.15) is 4.21 Å². The number of urea groups is 1. The van der Waals surface area contributed by atoms with Crippen molar-refractivity contribution >= 4 is 33.1 Å². The molecule has 0 aliphatic carbocycles. The third-order valence-corrected chi connectivity index (χ3v) is 7.37. The van der Waals surface area contributed by atoms with E-state index in [4.69, 9.17) is 0 Å². The molecule has 0 saturated carbocycles. The summed E-state index contributed by atoms with van der Waals surface area (Å²) in [6.45, 7) is 5.77. The highest BCUT2D eigenvalue weighted by Crippen LogP contribution is 2.22. The molecule has 24 heavy (non-hydrogen) atoms. The van der Waals surface area contributed by atoms with E-state index >= 15 is 0 Å². The molecule has 3 amide bonds. The Balaban J connectivity index is 1.88. The van der Waals surface area contributed by atoms with Crippen molar-refractivity contribution in [1.82, 2.24) is 15.1 Å². The maximum Gasteiger partial charge on any atom is 0.317 e. The number of thiophene rings is 1. The largest absolute Gasteiger partial charge is 0.341 e. The first kappa shape index (κ1) is 18.7. The van der Waals surface area contributed by atoms with Gasteiger partial charge < -0.3 is 15.1 Å². The van der Waals surface area contributed by atoms with Crippen molar-refractivity contribution < 1.29 is 18.0 Å². The summed E-state index contributed by atoms with van der Waals surface area (Å²) in [4.78, 5) is 27.9. The number of hydrogen-bond acceptors (Lipinski definition) is 5. The zero-order valence-corrected chi connectivity index (χ0v) is 15.6. The van der Waals surface area contributed by atoms with Gasteiger partial charge in [-0.15, -0.1) is 11.3 Å². The molecule has 7 nitrogen and oxygen atoms in total. The van der Waals surface area contributed by atoms with Crippen LogP contribution in [0.15, 0.2) is 16.3 Å². The first-order valence-corrected chi connectivity index (χ1v) is 10.4. The van der Waals surface area contributed by atoms with Crippen LogP contribution < -0.4 is 5.32 Å². The fourth-order valence-corrected chi connectivity index (χ4v) is 4.89. The quantitative estimate of drug-likeness (QED) is 0.862. The zero-order valence-electron chi connectivity index (χ0n) is 13.9. The Hall–Kier alpha value is -1.61. The van der Waals surface area contributed by atoms with Crippen molar-refractivity contribution in [2.24, 2.45) is 0 Å². The first-order valence-electron chi connectivity index (χ1n) is 7.93. The number of nitrogens with zero attached hydrogens (tertiary/aromatic N) is 2. The van der Waals surface area contributed by atoms with E-state index in [0.717, 1.165) is 11.3 Å². The number of carbonyl (C=O) groups excluding carboxylic acids is 2. The topological polar surface area (TPSA) is 86.8 Å². The van der Waals surface area contributed by atoms with Gasteiger partial charge in [0.25, 0.3) is 0 Å². The minimum absolute atomic E-state index is 0.0282. The monoisotopic (exact) mass is 373 g/mol. The number of sulfone groups is 1. The van der Waals surface area contributed by atoms with Crippen molar-refractivity contribution in [2.45, 2.75) is 31.0 Å². The van der Waals surface area contributed by atoms with E-state index in [2.05, 4.69) is 5.32 Å². The van der Waals surface area contributed by atoms with Crippen molar-refractivity contribution in [3.63, 3.8) is 0 Å². The molecule has 2 rings (SSSR count). The minimum atomic E-state index is -3.20. The lowest BCUT2D eigenvalue weighted by Crippen LogP contribution is -2.42. The number of amides is 3. The number of hydrogen-bond donors (Lipinski definition) is 1. The lowest BCUT2D eigenvalue weighted by molar-refractivity contribution is -0.128. The molecular formula is C15H23N3O4S2. The van der Waals surface area contributed by atoms with Gasteiger partial charge in [-0.05, 0) is 18.6 Å². The van der Waals surface area contributed by atoms with Crippen LogP contribution in [0.1, 0.15) is 25.1 Å². The van der Waals surface area contributed by atoms with E-state index in [1.54, 1.807) is 28.9 Å². The Kier molecular flexibility index (Phi) is 6.22. The van der Waals surface area contributed by atoms with E-state index in [0.29, 0.717) is 36.9 Å². The summed E-state index contributed by atoms with van der Waals surface area (Å²) in [6.07, 6.45) is 0.755. The minimum Gasteiger partial charge on any atom is -0.341 e. The molecule has 0 bridgehead atoms. The third-order valence-electron chi connectivity index (χ3n) is 3.97. The van der Waals surface area contributed by atoms with Crippen molar-refractivity contribution in [3.05, 3.63) is 17.0 Å². The second-order valence-electron chi connectivity index (χ2n) is 5.63. The molecule has 1 aromatic rings. The van der Waals surface area contributed by atoms with Gasteiger partial charge in [0.2, 0.25) is 5.91 Å². The Bertz CT molecular complexity index is 699. The molecule has 0 atom stereocenters. The summed E-state index contributed by atoms with van der Waals surface area (Å²) in [6, 6.07) is 3.13. The maximum absolute atomic E-state index is 12.3. The molecule has 0 radical (unpaired) electrons. The molecule has 0 aromatic carbocycles. The highest BCUT2D eigenvalue weighted by Gasteiger charge is 2.20. The summed E-state index contributed by atoms with van der Waals surface area (Å²) >= 11 is 1.19. The fourth-order valence-electron chi connectivity index (χ4n) is 2.47. The van der Waals surface area contributed by atoms with Crippen LogP contribution in [0.2, 0.25) is 0 Å². The predicted molar refractivity (Wildman–Crippen MR) is 92.7 cm³/mol. The third kappa shape index (κ3) is 4.70. The second kappa shape index (κ2) is 7.98. The first-order chi connectivity index (χ1) is 11.3. The molecular weight excluding hydrogens is 350 g/mol. The van der Waals surface area contributed by atoms with Crippen LogP contribution >= 0.6 is 11.3 Å². The van der Waals surface area contributed by atoms with Crippen LogP contribution in [0, 0.1) is 0 Å². The van der Waals surface area contributed by atoms with E-state index in [1.165, 1.54) is 18.3 Å². The number of rotatable bonds is 4. The summed E-state index contributed by atoms with van der Waals surface area (Å²) in [7, 11) is -3.20. The van der Waals surface area contributed by atoms with Gasteiger partial charge in [-0.3, -0.25) is 4.79 Å². The SMILES string of the molecule is CCS(=O)(=O)c1ccc(CNC(=O)N2CCCN(C(C)=O)CC2)s1. The van der Waals surface area contributed by atoms with E-state index in [9.17, 15) is 18.0 Å². The van der Waals surface area contributed by atoms with Crippen LogP contribution in [-0.4, -0.2) is 62.1 Å². The molecule has 1 saturated heterocycles. The maximum atomic E-state index is 12.3. The van der Waals surface area contributed by atoms with Gasteiger partial charge in [0.05, 0.1) is 12.3 Å². The Morgan fingerprint density at radius 2 is 1.83 bits per heavy atom. The lowest BCUT2D eigenvalue weighted by atomic mass is 10.4. The van der Waals surface area contributed by atoms with Gasteiger partial charge in [0.15, 0.2) is 9.84 Å². The number of nitrogens with one attached hydrogen (secondary N) is 1. The van der Waals surface area contributed by atoms with Crippen LogP contribution in [0.25, 0.3) is 0 Å². The van der Waals surface area contributed by atoms with Crippen LogP contribution in [-0.2, 0) is 21.2 Å². The average Bonchev–Trinajstić information content (AvgIpc) is 2.89. The molecule has 0 unspecified atom stereocenters. The number of carbonyl (C=O) groups is 2. The van der Waals surface area contributed by atoms with Gasteiger partial charge in [-0.2, -0.15) is 0 Å². The molecule has 1 aliphatic heterocycles. The highest BCUT2D eigenvalue weighted by molar-refractivity contribution is 7.93. The van der Waals surface area contributed by atoms with Crippen LogP contribution in [0.3, 0.4) is 0 Å². The van der Waals surface area contributed by atoms with E-state index in [1.807, 2.05) is 0 Å². The normalized spacial score (nSPS) is 15.9. The van der Waals surface area contributed by atoms with Gasteiger partial charge in [-0.25, -0.2) is 13.2 Å². The van der Waals surface area contributed by atoms with Crippen LogP contribution in [0.5, 0.6) is 0 Å². The van der Waals surface area contributed by atoms with Crippen LogP contribution in [0.4, 0.5) is 4.79 Å². The molecule has 1 aromatic heterocycles. The van der Waals surface area contributed by atoms with E-state index < -0.39 is 9.84 Å². The lowest BCUT2D eigenvalue weighted by Gasteiger charge is -2.21. The van der Waals surface area contributed by atoms with Gasteiger partial charge in [0, 0.05) is 38.0 Å². The van der Waals surface area contributed by atoms with Crippen molar-refractivity contribution in [3.8, 4) is 0 Å². The standard InChI is InChI=1S/C15H23N3O4S2/c1-3-24(21,22)14-6-5-13(23-14)11-16-15(20)18-8-4-7-17(9-10-18)12(2)19/h5-6H,3-4,7-11H2,1-2H3,(H,16,20). The molecule has 2 heterocycles. The summed E-state index contributed by atoms with van der Waals surface area (Å²) in [5, 5.41) is 2.82. The Morgan fingerprint density at radius 3 is 2.50 bits per heavy atom. The predicted octanol–water partition coefficient (Wildman–Crippen LogP) is 1.31. The summed E-state index contributed by atoms with van der Waals surface area (Å²) < 4.78 is 23.9. The molecule has 1 aliphatic rings. The second-order valence-corrected chi connectivity index (χ2v) is 9.30. The smallest absolute Gasteiger partial charge is 0.317 e. The van der Waals surface area contributed by atoms with Gasteiger partial charge >= 0.3 is 6.03 Å². The molecule has 1 fully saturated rings. The molecule has 9 heteroatoms.